The zero-order chi connectivity index (χ0) is 17.2. The van der Waals surface area contributed by atoms with Crippen LogP contribution < -0.4 is 12.4 Å². The van der Waals surface area contributed by atoms with Crippen LogP contribution in [0.15, 0.2) is 0 Å². The van der Waals surface area contributed by atoms with E-state index in [1.165, 1.54) is 83.5 Å². The van der Waals surface area contributed by atoms with Gasteiger partial charge in [0.25, 0.3) is 0 Å². The SMILES string of the molecule is CCCCCCCCCCCCCCCC[N+](C)(CO)CCO.[Cl-]. The van der Waals surface area contributed by atoms with Crippen LogP contribution in [0, 0.1) is 0 Å². The maximum Gasteiger partial charge on any atom is 0.180 e. The number of unbranched alkanes of at least 4 members (excludes halogenated alkanes) is 13. The Morgan fingerprint density at radius 1 is 0.583 bits per heavy atom. The van der Waals surface area contributed by atoms with E-state index in [-0.39, 0.29) is 25.7 Å². The average molecular weight is 366 g/mol. The summed E-state index contributed by atoms with van der Waals surface area (Å²) in [5.74, 6) is 0. The standard InChI is InChI=1S/C20H44NO2.ClH/c1-3-4-5-6-7-8-9-10-11-12-13-14-15-16-17-21(2,20-23)18-19-22;/h22-23H,3-20H2,1-2H3;1H/q+1;/p-1. The molecule has 0 aromatic carbocycles. The first kappa shape index (κ1) is 26.4. The molecule has 4 heteroatoms. The van der Waals surface area contributed by atoms with Crippen LogP contribution in [0.4, 0.5) is 0 Å². The van der Waals surface area contributed by atoms with Crippen molar-refractivity contribution in [2.24, 2.45) is 0 Å². The van der Waals surface area contributed by atoms with E-state index in [1.54, 1.807) is 0 Å². The zero-order valence-corrected chi connectivity index (χ0v) is 17.2. The van der Waals surface area contributed by atoms with Gasteiger partial charge in [0.05, 0.1) is 20.2 Å². The first-order valence-corrected chi connectivity index (χ1v) is 10.2. The summed E-state index contributed by atoms with van der Waals surface area (Å²) < 4.78 is 0.592. The molecule has 0 saturated heterocycles. The van der Waals surface area contributed by atoms with Gasteiger partial charge in [0.1, 0.15) is 6.54 Å². The third-order valence-electron chi connectivity index (χ3n) is 5.03. The van der Waals surface area contributed by atoms with Gasteiger partial charge in [-0.1, -0.05) is 84.0 Å². The Balaban J connectivity index is 0. The molecule has 24 heavy (non-hydrogen) atoms. The second-order valence-electron chi connectivity index (χ2n) is 7.53. The number of halogens is 1. The summed E-state index contributed by atoms with van der Waals surface area (Å²) in [5.41, 5.74) is 0. The highest BCUT2D eigenvalue weighted by Crippen LogP contribution is 2.13. The van der Waals surface area contributed by atoms with Crippen LogP contribution in [-0.2, 0) is 0 Å². The maximum atomic E-state index is 9.38. The Hall–Kier alpha value is 0.170. The molecule has 0 aromatic rings. The van der Waals surface area contributed by atoms with Crippen molar-refractivity contribution in [2.75, 3.05) is 33.5 Å². The van der Waals surface area contributed by atoms with Crippen LogP contribution in [0.25, 0.3) is 0 Å². The molecule has 0 spiro atoms. The number of nitrogens with zero attached hydrogens (tertiary/aromatic N) is 1. The minimum absolute atomic E-state index is 0. The van der Waals surface area contributed by atoms with Crippen molar-refractivity contribution in [1.82, 2.24) is 0 Å². The molecule has 0 aromatic heterocycles. The fourth-order valence-electron chi connectivity index (χ4n) is 3.18. The Labute approximate surface area is 157 Å². The Bertz CT molecular complexity index is 242. The highest BCUT2D eigenvalue weighted by atomic mass is 35.5. The van der Waals surface area contributed by atoms with Gasteiger partial charge in [0.15, 0.2) is 6.73 Å². The van der Waals surface area contributed by atoms with Gasteiger partial charge in [-0.3, -0.25) is 0 Å². The van der Waals surface area contributed by atoms with E-state index in [4.69, 9.17) is 5.11 Å². The van der Waals surface area contributed by atoms with E-state index in [0.29, 0.717) is 11.0 Å². The summed E-state index contributed by atoms with van der Waals surface area (Å²) in [6.45, 7) is 4.22. The van der Waals surface area contributed by atoms with E-state index >= 15 is 0 Å². The summed E-state index contributed by atoms with van der Waals surface area (Å²) in [6, 6.07) is 0. The molecule has 0 aliphatic carbocycles. The van der Waals surface area contributed by atoms with Crippen LogP contribution in [-0.4, -0.2) is 48.2 Å². The lowest BCUT2D eigenvalue weighted by molar-refractivity contribution is -0.927. The van der Waals surface area contributed by atoms with Gasteiger partial charge in [-0.2, -0.15) is 0 Å². The number of hydrogen-bond acceptors (Lipinski definition) is 2. The monoisotopic (exact) mass is 365 g/mol. The van der Waals surface area contributed by atoms with Crippen molar-refractivity contribution in [3.63, 3.8) is 0 Å². The van der Waals surface area contributed by atoms with Crippen LogP contribution in [0.5, 0.6) is 0 Å². The fraction of sp³-hybridized carbons (Fsp3) is 1.00. The van der Waals surface area contributed by atoms with E-state index < -0.39 is 0 Å². The second kappa shape index (κ2) is 19.5. The maximum absolute atomic E-state index is 9.38. The summed E-state index contributed by atoms with van der Waals surface area (Å²) in [7, 11) is 2.03. The molecular formula is C20H44ClNO2. The first-order chi connectivity index (χ1) is 11.2. The molecular weight excluding hydrogens is 322 g/mol. The van der Waals surface area contributed by atoms with Crippen molar-refractivity contribution in [3.8, 4) is 0 Å². The number of quaternary nitrogens is 1. The summed E-state index contributed by atoms with van der Waals surface area (Å²) in [6.07, 6.45) is 19.3. The number of hydrogen-bond donors (Lipinski definition) is 2. The number of rotatable bonds is 18. The molecule has 1 atom stereocenters. The minimum atomic E-state index is 0. The third kappa shape index (κ3) is 17.0. The van der Waals surface area contributed by atoms with Gasteiger partial charge in [-0.25, -0.2) is 0 Å². The van der Waals surface area contributed by atoms with Crippen molar-refractivity contribution in [2.45, 2.75) is 96.8 Å². The molecule has 2 N–H and O–H groups in total. The van der Waals surface area contributed by atoms with Gasteiger partial charge < -0.3 is 27.1 Å². The van der Waals surface area contributed by atoms with Crippen LogP contribution in [0.2, 0.25) is 0 Å². The highest BCUT2D eigenvalue weighted by Gasteiger charge is 2.18. The predicted octanol–water partition coefficient (Wildman–Crippen LogP) is 1.86. The summed E-state index contributed by atoms with van der Waals surface area (Å²) >= 11 is 0. The Kier molecular flexibility index (Phi) is 21.4. The molecule has 0 bridgehead atoms. The number of aliphatic hydroxyl groups excluding tert-OH is 2. The van der Waals surface area contributed by atoms with Crippen LogP contribution >= 0.6 is 0 Å². The van der Waals surface area contributed by atoms with E-state index in [1.807, 2.05) is 7.05 Å². The van der Waals surface area contributed by atoms with Crippen LogP contribution in [0.3, 0.4) is 0 Å². The van der Waals surface area contributed by atoms with Gasteiger partial charge in [-0.05, 0) is 12.8 Å². The Morgan fingerprint density at radius 3 is 1.29 bits per heavy atom. The molecule has 148 valence electrons. The molecule has 3 nitrogen and oxygen atoms in total. The minimum Gasteiger partial charge on any atom is -1.00 e. The van der Waals surface area contributed by atoms with Crippen LogP contribution in [0.1, 0.15) is 96.8 Å². The van der Waals surface area contributed by atoms with Crippen molar-refractivity contribution < 1.29 is 27.1 Å². The molecule has 0 rings (SSSR count). The largest absolute Gasteiger partial charge is 1.00 e. The average Bonchev–Trinajstić information content (AvgIpc) is 2.55. The quantitative estimate of drug-likeness (QED) is 0.221. The first-order valence-electron chi connectivity index (χ1n) is 10.2. The number of likely N-dealkylation sites (N-methyl/N-ethyl adjacent to an activating group) is 1. The molecule has 0 fully saturated rings. The van der Waals surface area contributed by atoms with Gasteiger partial charge >= 0.3 is 0 Å². The lowest BCUT2D eigenvalue weighted by atomic mass is 10.0. The Morgan fingerprint density at radius 2 is 0.958 bits per heavy atom. The van der Waals surface area contributed by atoms with Crippen molar-refractivity contribution in [1.29, 1.82) is 0 Å². The van der Waals surface area contributed by atoms with Crippen molar-refractivity contribution in [3.05, 3.63) is 0 Å². The molecule has 0 radical (unpaired) electrons. The molecule has 0 aliphatic heterocycles. The molecule has 0 amide bonds. The fourth-order valence-corrected chi connectivity index (χ4v) is 3.18. The lowest BCUT2D eigenvalue weighted by Crippen LogP contribution is -3.00. The molecule has 1 unspecified atom stereocenters. The summed E-state index contributed by atoms with van der Waals surface area (Å²) in [4.78, 5) is 0. The van der Waals surface area contributed by atoms with E-state index in [2.05, 4.69) is 6.92 Å². The third-order valence-corrected chi connectivity index (χ3v) is 5.03. The van der Waals surface area contributed by atoms with E-state index in [0.717, 1.165) is 13.0 Å². The predicted molar refractivity (Wildman–Crippen MR) is 100 cm³/mol. The number of aliphatic hydroxyl groups is 2. The summed E-state index contributed by atoms with van der Waals surface area (Å²) in [5, 5.41) is 18.4. The van der Waals surface area contributed by atoms with Gasteiger partial charge in [-0.15, -0.1) is 0 Å². The smallest absolute Gasteiger partial charge is 0.180 e. The zero-order valence-electron chi connectivity index (χ0n) is 16.4. The molecule has 0 aliphatic rings. The topological polar surface area (TPSA) is 40.5 Å². The molecule has 0 heterocycles. The van der Waals surface area contributed by atoms with E-state index in [9.17, 15) is 5.11 Å². The molecule has 0 saturated carbocycles. The normalized spacial score (nSPS) is 13.5. The lowest BCUT2D eigenvalue weighted by Gasteiger charge is -2.31. The van der Waals surface area contributed by atoms with Crippen molar-refractivity contribution >= 4 is 0 Å². The highest BCUT2D eigenvalue weighted by molar-refractivity contribution is 4.49. The van der Waals surface area contributed by atoms with Gasteiger partial charge in [0, 0.05) is 0 Å². The second-order valence-corrected chi connectivity index (χ2v) is 7.53. The van der Waals surface area contributed by atoms with Gasteiger partial charge in [0.2, 0.25) is 0 Å².